The van der Waals surface area contributed by atoms with Gasteiger partial charge in [-0.3, -0.25) is 4.90 Å². The summed E-state index contributed by atoms with van der Waals surface area (Å²) >= 11 is 0. The van der Waals surface area contributed by atoms with Gasteiger partial charge in [-0.2, -0.15) is 0 Å². The number of hydrogen-bond donors (Lipinski definition) is 1. The van der Waals surface area contributed by atoms with E-state index in [0.29, 0.717) is 6.04 Å². The van der Waals surface area contributed by atoms with E-state index >= 15 is 0 Å². The standard InChI is InChI=1S/C19H32N2.2ClH/c1-14(2)6-7-18(21-10-8-20-9-11-21)19-16(4)12-15(3)13-17(19)5;;/h12-14,18,20H,6-11H2,1-5H3;2*1H/t18-;;/m0../s1. The molecule has 1 heterocycles. The van der Waals surface area contributed by atoms with E-state index in [4.69, 9.17) is 0 Å². The monoisotopic (exact) mass is 360 g/mol. The Bertz CT molecular complexity index is 445. The van der Waals surface area contributed by atoms with Gasteiger partial charge in [0.05, 0.1) is 0 Å². The Balaban J connectivity index is 0.00000242. The Morgan fingerprint density at radius 2 is 1.48 bits per heavy atom. The van der Waals surface area contributed by atoms with Gasteiger partial charge >= 0.3 is 0 Å². The highest BCUT2D eigenvalue weighted by molar-refractivity contribution is 5.85. The van der Waals surface area contributed by atoms with Crippen LogP contribution < -0.4 is 5.32 Å². The van der Waals surface area contributed by atoms with Crippen LogP contribution in [0.15, 0.2) is 12.1 Å². The number of benzene rings is 1. The van der Waals surface area contributed by atoms with Crippen molar-refractivity contribution in [3.63, 3.8) is 0 Å². The van der Waals surface area contributed by atoms with Crippen molar-refractivity contribution < 1.29 is 0 Å². The largest absolute Gasteiger partial charge is 0.314 e. The summed E-state index contributed by atoms with van der Waals surface area (Å²) in [4.78, 5) is 2.70. The van der Waals surface area contributed by atoms with Crippen LogP contribution in [0.1, 0.15) is 55.0 Å². The first kappa shape index (κ1) is 22.7. The molecular formula is C19H34Cl2N2. The van der Waals surface area contributed by atoms with Gasteiger partial charge in [-0.25, -0.2) is 0 Å². The van der Waals surface area contributed by atoms with Crippen molar-refractivity contribution in [1.29, 1.82) is 0 Å². The topological polar surface area (TPSA) is 15.3 Å². The molecule has 1 N–H and O–H groups in total. The van der Waals surface area contributed by atoms with Gasteiger partial charge in [0.25, 0.3) is 0 Å². The predicted molar refractivity (Wildman–Crippen MR) is 106 cm³/mol. The fourth-order valence-corrected chi connectivity index (χ4v) is 3.71. The Morgan fingerprint density at radius 3 is 1.96 bits per heavy atom. The smallest absolute Gasteiger partial charge is 0.0354 e. The fraction of sp³-hybridized carbons (Fsp3) is 0.684. The fourth-order valence-electron chi connectivity index (χ4n) is 3.71. The van der Waals surface area contributed by atoms with E-state index in [1.54, 1.807) is 5.56 Å². The second-order valence-electron chi connectivity index (χ2n) is 7.09. The van der Waals surface area contributed by atoms with Crippen LogP contribution >= 0.6 is 24.8 Å². The van der Waals surface area contributed by atoms with Crippen molar-refractivity contribution in [3.8, 4) is 0 Å². The first-order valence-corrected chi connectivity index (χ1v) is 8.51. The maximum Gasteiger partial charge on any atom is 0.0354 e. The van der Waals surface area contributed by atoms with Crippen molar-refractivity contribution >= 4 is 24.8 Å². The van der Waals surface area contributed by atoms with Gasteiger partial charge in [-0.1, -0.05) is 31.5 Å². The summed E-state index contributed by atoms with van der Waals surface area (Å²) in [5.41, 5.74) is 5.92. The lowest BCUT2D eigenvalue weighted by Crippen LogP contribution is -2.45. The molecule has 0 amide bonds. The molecule has 2 rings (SSSR count). The maximum absolute atomic E-state index is 3.48. The summed E-state index contributed by atoms with van der Waals surface area (Å²) < 4.78 is 0. The zero-order valence-electron chi connectivity index (χ0n) is 15.3. The van der Waals surface area contributed by atoms with Gasteiger partial charge in [-0.15, -0.1) is 24.8 Å². The number of aryl methyl sites for hydroxylation is 3. The van der Waals surface area contributed by atoms with Crippen LogP contribution in [-0.2, 0) is 0 Å². The number of nitrogens with zero attached hydrogens (tertiary/aromatic N) is 1. The highest BCUT2D eigenvalue weighted by Gasteiger charge is 2.24. The summed E-state index contributed by atoms with van der Waals surface area (Å²) in [6, 6.07) is 5.30. The number of halogens is 2. The normalized spacial score (nSPS) is 16.6. The average molecular weight is 361 g/mol. The molecule has 1 aromatic carbocycles. The van der Waals surface area contributed by atoms with Gasteiger partial charge in [0, 0.05) is 32.2 Å². The van der Waals surface area contributed by atoms with Crippen LogP contribution in [0.5, 0.6) is 0 Å². The summed E-state index contributed by atoms with van der Waals surface area (Å²) in [5.74, 6) is 0.779. The molecule has 2 nitrogen and oxygen atoms in total. The van der Waals surface area contributed by atoms with Crippen molar-refractivity contribution in [2.24, 2.45) is 5.92 Å². The molecule has 23 heavy (non-hydrogen) atoms. The Labute approximate surface area is 155 Å². The van der Waals surface area contributed by atoms with E-state index in [2.05, 4.69) is 57.0 Å². The zero-order chi connectivity index (χ0) is 15.4. The molecule has 1 aliphatic heterocycles. The number of nitrogens with one attached hydrogen (secondary N) is 1. The maximum atomic E-state index is 3.48. The molecule has 1 fully saturated rings. The molecule has 1 aliphatic rings. The van der Waals surface area contributed by atoms with E-state index in [9.17, 15) is 0 Å². The van der Waals surface area contributed by atoms with E-state index in [1.807, 2.05) is 0 Å². The van der Waals surface area contributed by atoms with Crippen LogP contribution in [0.4, 0.5) is 0 Å². The number of hydrogen-bond acceptors (Lipinski definition) is 2. The van der Waals surface area contributed by atoms with Crippen LogP contribution in [0.25, 0.3) is 0 Å². The molecule has 0 bridgehead atoms. The van der Waals surface area contributed by atoms with Crippen LogP contribution in [0.2, 0.25) is 0 Å². The molecule has 0 spiro atoms. The van der Waals surface area contributed by atoms with Crippen LogP contribution in [0, 0.1) is 26.7 Å². The highest BCUT2D eigenvalue weighted by Crippen LogP contribution is 2.33. The SMILES string of the molecule is Cc1cc(C)c([C@H](CCC(C)C)N2CCNCC2)c(C)c1.Cl.Cl. The lowest BCUT2D eigenvalue weighted by molar-refractivity contribution is 0.159. The average Bonchev–Trinajstić information content (AvgIpc) is 2.42. The van der Waals surface area contributed by atoms with Crippen molar-refractivity contribution in [1.82, 2.24) is 10.2 Å². The van der Waals surface area contributed by atoms with Gasteiger partial charge < -0.3 is 5.32 Å². The molecule has 1 aromatic rings. The van der Waals surface area contributed by atoms with Crippen LogP contribution in [0.3, 0.4) is 0 Å². The van der Waals surface area contributed by atoms with Crippen molar-refractivity contribution in [3.05, 3.63) is 34.4 Å². The van der Waals surface area contributed by atoms with Crippen LogP contribution in [-0.4, -0.2) is 31.1 Å². The molecule has 4 heteroatoms. The van der Waals surface area contributed by atoms with Gasteiger partial charge in [0.2, 0.25) is 0 Å². The zero-order valence-corrected chi connectivity index (χ0v) is 16.9. The minimum Gasteiger partial charge on any atom is -0.314 e. The van der Waals surface area contributed by atoms with Crippen molar-refractivity contribution in [2.75, 3.05) is 26.2 Å². The summed E-state index contributed by atoms with van der Waals surface area (Å²) in [7, 11) is 0. The van der Waals surface area contributed by atoms with Gasteiger partial charge in [0.1, 0.15) is 0 Å². The lowest BCUT2D eigenvalue weighted by atomic mass is 9.89. The lowest BCUT2D eigenvalue weighted by Gasteiger charge is -2.37. The number of rotatable bonds is 5. The Morgan fingerprint density at radius 1 is 0.957 bits per heavy atom. The van der Waals surface area contributed by atoms with E-state index in [1.165, 1.54) is 42.6 Å². The third-order valence-corrected chi connectivity index (χ3v) is 4.68. The second kappa shape index (κ2) is 10.6. The first-order valence-electron chi connectivity index (χ1n) is 8.51. The van der Waals surface area contributed by atoms with E-state index in [0.717, 1.165) is 19.0 Å². The molecule has 1 saturated heterocycles. The second-order valence-corrected chi connectivity index (χ2v) is 7.09. The molecule has 134 valence electrons. The summed E-state index contributed by atoms with van der Waals surface area (Å²) in [5, 5.41) is 3.48. The third-order valence-electron chi connectivity index (χ3n) is 4.68. The minimum atomic E-state index is 0. The summed E-state index contributed by atoms with van der Waals surface area (Å²) in [6.45, 7) is 16.1. The molecule has 0 saturated carbocycles. The highest BCUT2D eigenvalue weighted by atomic mass is 35.5. The Kier molecular flexibility index (Phi) is 10.4. The quantitative estimate of drug-likeness (QED) is 0.807. The Hall–Kier alpha value is -0.280. The number of piperazine rings is 1. The predicted octanol–water partition coefficient (Wildman–Crippen LogP) is 4.84. The first-order chi connectivity index (χ1) is 9.99. The van der Waals surface area contributed by atoms with E-state index in [-0.39, 0.29) is 24.8 Å². The molecule has 0 unspecified atom stereocenters. The van der Waals surface area contributed by atoms with Crippen molar-refractivity contribution in [2.45, 2.75) is 53.5 Å². The molecule has 1 atom stereocenters. The molecule has 0 aliphatic carbocycles. The third kappa shape index (κ3) is 6.26. The molecule has 0 aromatic heterocycles. The van der Waals surface area contributed by atoms with Gasteiger partial charge in [0.15, 0.2) is 0 Å². The molecule has 0 radical (unpaired) electrons. The van der Waals surface area contributed by atoms with Gasteiger partial charge in [-0.05, 0) is 56.2 Å². The minimum absolute atomic E-state index is 0. The van der Waals surface area contributed by atoms with E-state index < -0.39 is 0 Å². The molecular weight excluding hydrogens is 327 g/mol. The summed E-state index contributed by atoms with van der Waals surface area (Å²) in [6.07, 6.45) is 2.59.